The summed E-state index contributed by atoms with van der Waals surface area (Å²) < 4.78 is 0. The first-order chi connectivity index (χ1) is 18.5. The molecule has 0 bridgehead atoms. The van der Waals surface area contributed by atoms with Crippen molar-refractivity contribution in [3.8, 4) is 0 Å². The van der Waals surface area contributed by atoms with Crippen LogP contribution in [0.5, 0.6) is 0 Å². The fourth-order valence-corrected chi connectivity index (χ4v) is 4.48. The van der Waals surface area contributed by atoms with Crippen molar-refractivity contribution in [2.24, 2.45) is 0 Å². The Labute approximate surface area is 232 Å². The Morgan fingerprint density at radius 2 is 1.21 bits per heavy atom. The number of aliphatic hydroxyl groups excluding tert-OH is 1. The third-order valence-corrected chi connectivity index (χ3v) is 6.19. The van der Waals surface area contributed by atoms with E-state index in [1.807, 2.05) is 119 Å². The molecule has 4 heteroatoms. The lowest BCUT2D eigenvalue weighted by Gasteiger charge is -2.34. The minimum absolute atomic E-state index is 0.0750. The van der Waals surface area contributed by atoms with Crippen LogP contribution in [-0.2, 0) is 4.79 Å². The number of benzene rings is 3. The third kappa shape index (κ3) is 10.1. The van der Waals surface area contributed by atoms with E-state index in [1.54, 1.807) is 0 Å². The maximum Gasteiger partial charge on any atom is 0.234 e. The van der Waals surface area contributed by atoms with Crippen LogP contribution < -0.4 is 0 Å². The predicted molar refractivity (Wildman–Crippen MR) is 162 cm³/mol. The Hall–Kier alpha value is -2.95. The molecule has 0 saturated carbocycles. The molecule has 2 atom stereocenters. The van der Waals surface area contributed by atoms with Crippen LogP contribution in [0, 0.1) is 0 Å². The molecule has 1 N–H and O–H groups in total. The van der Waals surface area contributed by atoms with Gasteiger partial charge in [0.15, 0.2) is 0 Å². The Bertz CT molecular complexity index is 940. The van der Waals surface area contributed by atoms with Crippen LogP contribution in [0.15, 0.2) is 91.0 Å². The van der Waals surface area contributed by atoms with E-state index in [9.17, 15) is 9.90 Å². The summed E-state index contributed by atoms with van der Waals surface area (Å²) in [5.74, 6) is -0.284. The lowest BCUT2D eigenvalue weighted by molar-refractivity contribution is -0.133. The molecule has 1 aliphatic heterocycles. The van der Waals surface area contributed by atoms with Crippen molar-refractivity contribution in [1.29, 1.82) is 0 Å². The predicted octanol–water partition coefficient (Wildman–Crippen LogP) is 7.55. The number of carbonyl (C=O) groups excluding carboxylic acids is 1. The number of carbonyl (C=O) groups is 1. The fraction of sp³-hybridized carbons (Fsp3) is 0.441. The Morgan fingerprint density at radius 3 is 1.58 bits per heavy atom. The van der Waals surface area contributed by atoms with Crippen LogP contribution in [0.25, 0.3) is 0 Å². The van der Waals surface area contributed by atoms with Gasteiger partial charge in [0.1, 0.15) is 0 Å². The number of β-amino-alcohol motifs (C(OH)–C–C–N with tert-alkyl or cyclic N) is 1. The van der Waals surface area contributed by atoms with Crippen molar-refractivity contribution in [2.75, 3.05) is 26.7 Å². The van der Waals surface area contributed by atoms with Crippen LogP contribution in [0.3, 0.4) is 0 Å². The zero-order valence-corrected chi connectivity index (χ0v) is 24.7. The van der Waals surface area contributed by atoms with Crippen molar-refractivity contribution in [1.82, 2.24) is 9.80 Å². The average molecular weight is 519 g/mol. The van der Waals surface area contributed by atoms with Crippen molar-refractivity contribution in [2.45, 2.75) is 72.4 Å². The lowest BCUT2D eigenvalue weighted by atomic mass is 9.89. The van der Waals surface area contributed by atoms with Gasteiger partial charge in [0.05, 0.1) is 18.1 Å². The Morgan fingerprint density at radius 1 is 0.816 bits per heavy atom. The highest BCUT2D eigenvalue weighted by atomic mass is 16.3. The van der Waals surface area contributed by atoms with Gasteiger partial charge in [0.2, 0.25) is 5.91 Å². The number of likely N-dealkylation sites (tertiary alicyclic amines) is 1. The Balaban J connectivity index is 0.000000944. The molecule has 38 heavy (non-hydrogen) atoms. The zero-order valence-electron chi connectivity index (χ0n) is 24.7. The molecule has 1 heterocycles. The molecular weight excluding hydrogens is 468 g/mol. The molecule has 1 fully saturated rings. The van der Waals surface area contributed by atoms with Gasteiger partial charge in [-0.3, -0.25) is 9.69 Å². The molecule has 4 rings (SSSR count). The minimum atomic E-state index is -0.359. The van der Waals surface area contributed by atoms with Crippen molar-refractivity contribution in [3.05, 3.63) is 108 Å². The first kappa shape index (κ1) is 33.1. The van der Waals surface area contributed by atoms with Crippen LogP contribution in [0.1, 0.15) is 83.0 Å². The molecule has 1 amide bonds. The Kier molecular flexibility index (Phi) is 16.7. The summed E-state index contributed by atoms with van der Waals surface area (Å²) in [6.45, 7) is 14.5. The lowest BCUT2D eigenvalue weighted by Crippen LogP contribution is -2.41. The second-order valence-corrected chi connectivity index (χ2v) is 9.04. The van der Waals surface area contributed by atoms with Gasteiger partial charge in [-0.05, 0) is 23.1 Å². The molecule has 4 nitrogen and oxygen atoms in total. The van der Waals surface area contributed by atoms with Gasteiger partial charge in [0, 0.05) is 26.7 Å². The van der Waals surface area contributed by atoms with Gasteiger partial charge >= 0.3 is 0 Å². The molecule has 208 valence electrons. The van der Waals surface area contributed by atoms with Gasteiger partial charge in [-0.2, -0.15) is 0 Å². The van der Waals surface area contributed by atoms with Gasteiger partial charge in [0.25, 0.3) is 0 Å². The zero-order chi connectivity index (χ0) is 28.3. The van der Waals surface area contributed by atoms with E-state index in [0.717, 1.165) is 29.7 Å². The van der Waals surface area contributed by atoms with E-state index in [4.69, 9.17) is 0 Å². The standard InChI is InChI=1S/C27H30N2O2.C3H8.2C2H6/c1-28(25(21-11-5-2-6-12-21)20-29-18-17-24(30)19-29)27(31)26(22-13-7-3-8-14-22)23-15-9-4-10-16-23;1-3-2;2*1-2/h2-16,24-26,30H,17-20H2,1H3;3H2,1-2H3;2*1-2H3/t24-,25?;;;/m0.../s1. The normalized spacial score (nSPS) is 15.1. The number of aliphatic hydroxyl groups is 1. The monoisotopic (exact) mass is 518 g/mol. The highest BCUT2D eigenvalue weighted by Gasteiger charge is 2.32. The molecule has 0 aromatic heterocycles. The second kappa shape index (κ2) is 19.2. The van der Waals surface area contributed by atoms with Crippen LogP contribution in [-0.4, -0.2) is 53.6 Å². The largest absolute Gasteiger partial charge is 0.392 e. The molecule has 1 aliphatic rings. The van der Waals surface area contributed by atoms with Gasteiger partial charge < -0.3 is 10.0 Å². The molecule has 3 aromatic rings. The maximum atomic E-state index is 14.0. The number of hydrogen-bond acceptors (Lipinski definition) is 3. The summed E-state index contributed by atoms with van der Waals surface area (Å²) in [4.78, 5) is 18.1. The number of likely N-dealkylation sites (N-methyl/N-ethyl adjacent to an activating group) is 1. The summed E-state index contributed by atoms with van der Waals surface area (Å²) in [5, 5.41) is 9.99. The molecule has 0 spiro atoms. The smallest absolute Gasteiger partial charge is 0.234 e. The molecule has 0 radical (unpaired) electrons. The van der Waals surface area contributed by atoms with Gasteiger partial charge in [-0.25, -0.2) is 0 Å². The summed E-state index contributed by atoms with van der Waals surface area (Å²) >= 11 is 0. The number of hydrogen-bond donors (Lipinski definition) is 1. The first-order valence-electron chi connectivity index (χ1n) is 14.4. The topological polar surface area (TPSA) is 43.8 Å². The van der Waals surface area contributed by atoms with E-state index in [2.05, 4.69) is 30.9 Å². The third-order valence-electron chi connectivity index (χ3n) is 6.19. The van der Waals surface area contributed by atoms with E-state index < -0.39 is 0 Å². The average Bonchev–Trinajstić information content (AvgIpc) is 3.40. The fourth-order valence-electron chi connectivity index (χ4n) is 4.48. The second-order valence-electron chi connectivity index (χ2n) is 9.04. The highest BCUT2D eigenvalue weighted by molar-refractivity contribution is 5.87. The quantitative estimate of drug-likeness (QED) is 0.351. The minimum Gasteiger partial charge on any atom is -0.392 e. The molecule has 1 saturated heterocycles. The van der Waals surface area contributed by atoms with E-state index in [0.29, 0.717) is 13.1 Å². The van der Waals surface area contributed by atoms with Gasteiger partial charge in [-0.15, -0.1) is 0 Å². The molecule has 3 aromatic carbocycles. The van der Waals surface area contributed by atoms with Crippen LogP contribution >= 0.6 is 0 Å². The summed E-state index contributed by atoms with van der Waals surface area (Å²) in [7, 11) is 1.91. The van der Waals surface area contributed by atoms with Crippen LogP contribution in [0.4, 0.5) is 0 Å². The highest BCUT2D eigenvalue weighted by Crippen LogP contribution is 2.31. The summed E-state index contributed by atoms with van der Waals surface area (Å²) in [6, 6.07) is 30.1. The first-order valence-corrected chi connectivity index (χ1v) is 14.4. The SMILES string of the molecule is CC.CC.CCC.CN(C(=O)C(c1ccccc1)c1ccccc1)C(CN1CC[C@H](O)C1)c1ccccc1. The number of amides is 1. The van der Waals surface area contributed by atoms with Crippen molar-refractivity contribution in [3.63, 3.8) is 0 Å². The van der Waals surface area contributed by atoms with E-state index in [1.165, 1.54) is 6.42 Å². The summed E-state index contributed by atoms with van der Waals surface area (Å²) in [5.41, 5.74) is 3.10. The van der Waals surface area contributed by atoms with E-state index in [-0.39, 0.29) is 24.0 Å². The number of rotatable bonds is 7. The van der Waals surface area contributed by atoms with Gasteiger partial charge in [-0.1, -0.05) is 139 Å². The van der Waals surface area contributed by atoms with Crippen LogP contribution in [0.2, 0.25) is 0 Å². The number of nitrogens with zero attached hydrogens (tertiary/aromatic N) is 2. The molecular formula is C34H50N2O2. The maximum absolute atomic E-state index is 14.0. The molecule has 1 unspecified atom stereocenters. The summed E-state index contributed by atoms with van der Waals surface area (Å²) in [6.07, 6.45) is 1.76. The van der Waals surface area contributed by atoms with Crippen molar-refractivity contribution < 1.29 is 9.90 Å². The van der Waals surface area contributed by atoms with Crippen molar-refractivity contribution >= 4 is 5.91 Å². The molecule has 0 aliphatic carbocycles. The van der Waals surface area contributed by atoms with E-state index >= 15 is 0 Å².